The van der Waals surface area contributed by atoms with E-state index < -0.39 is 9.84 Å². The number of likely N-dealkylation sites (N-methyl/N-ethyl adjacent to an activating group) is 1. The lowest BCUT2D eigenvalue weighted by atomic mass is 10.2. The molecule has 25 heavy (non-hydrogen) atoms. The van der Waals surface area contributed by atoms with Gasteiger partial charge in [0, 0.05) is 39.3 Å². The number of piperazine rings is 1. The maximum atomic E-state index is 13.9. The third kappa shape index (κ3) is 4.30. The monoisotopic (exact) mass is 369 g/mol. The van der Waals surface area contributed by atoms with Gasteiger partial charge in [0.25, 0.3) is 0 Å². The molecular weight excluding hydrogens is 345 g/mol. The average molecular weight is 369 g/mol. The minimum absolute atomic E-state index is 0.0542. The highest BCUT2D eigenvalue weighted by molar-refractivity contribution is 7.91. The zero-order valence-electron chi connectivity index (χ0n) is 14.4. The van der Waals surface area contributed by atoms with Crippen molar-refractivity contribution in [2.45, 2.75) is 12.5 Å². The van der Waals surface area contributed by atoms with Gasteiger partial charge in [0.1, 0.15) is 5.82 Å². The summed E-state index contributed by atoms with van der Waals surface area (Å²) in [5, 5.41) is 0. The van der Waals surface area contributed by atoms with Gasteiger partial charge < -0.3 is 9.80 Å². The van der Waals surface area contributed by atoms with Gasteiger partial charge in [-0.15, -0.1) is 0 Å². The Balaban J connectivity index is 1.50. The highest BCUT2D eigenvalue weighted by Crippen LogP contribution is 2.20. The molecule has 0 saturated carbocycles. The number of carbonyl (C=O) groups is 1. The molecule has 0 spiro atoms. The fourth-order valence-electron chi connectivity index (χ4n) is 3.44. The second-order valence-electron chi connectivity index (χ2n) is 6.78. The van der Waals surface area contributed by atoms with Crippen molar-refractivity contribution in [2.24, 2.45) is 0 Å². The maximum Gasteiger partial charge on any atom is 0.236 e. The summed E-state index contributed by atoms with van der Waals surface area (Å²) in [4.78, 5) is 18.0. The van der Waals surface area contributed by atoms with E-state index in [4.69, 9.17) is 0 Å². The van der Waals surface area contributed by atoms with Crippen molar-refractivity contribution in [3.63, 3.8) is 0 Å². The van der Waals surface area contributed by atoms with Crippen molar-refractivity contribution in [3.05, 3.63) is 30.1 Å². The van der Waals surface area contributed by atoms with Gasteiger partial charge in [-0.3, -0.25) is 9.69 Å². The first-order chi connectivity index (χ1) is 11.9. The number of amides is 1. The Bertz CT molecular complexity index is 732. The van der Waals surface area contributed by atoms with Gasteiger partial charge in [0.2, 0.25) is 5.91 Å². The first kappa shape index (κ1) is 18.1. The van der Waals surface area contributed by atoms with E-state index in [9.17, 15) is 17.6 Å². The SMILES string of the molecule is CN(C(=O)CN1CCN(c2ccccc2F)CC1)[C@H]1CCS(=O)(=O)C1. The van der Waals surface area contributed by atoms with Crippen molar-refractivity contribution in [1.82, 2.24) is 9.80 Å². The van der Waals surface area contributed by atoms with E-state index in [0.717, 1.165) is 0 Å². The van der Waals surface area contributed by atoms with Gasteiger partial charge in [0.15, 0.2) is 9.84 Å². The quantitative estimate of drug-likeness (QED) is 0.778. The van der Waals surface area contributed by atoms with Crippen molar-refractivity contribution in [3.8, 4) is 0 Å². The number of hydrogen-bond donors (Lipinski definition) is 0. The Labute approximate surface area is 148 Å². The van der Waals surface area contributed by atoms with Crippen LogP contribution < -0.4 is 4.90 Å². The number of hydrogen-bond acceptors (Lipinski definition) is 5. The molecule has 3 rings (SSSR count). The highest BCUT2D eigenvalue weighted by Gasteiger charge is 2.33. The molecule has 138 valence electrons. The summed E-state index contributed by atoms with van der Waals surface area (Å²) in [7, 11) is -1.31. The molecule has 0 unspecified atom stereocenters. The van der Waals surface area contributed by atoms with E-state index in [1.54, 1.807) is 24.1 Å². The summed E-state index contributed by atoms with van der Waals surface area (Å²) in [5.74, 6) is -0.0527. The number of anilines is 1. The number of rotatable bonds is 4. The van der Waals surface area contributed by atoms with E-state index in [0.29, 0.717) is 38.3 Å². The van der Waals surface area contributed by atoms with Crippen LogP contribution in [0.25, 0.3) is 0 Å². The first-order valence-corrected chi connectivity index (χ1v) is 10.4. The number of halogens is 1. The van der Waals surface area contributed by atoms with Crippen LogP contribution in [0.2, 0.25) is 0 Å². The molecule has 0 aromatic heterocycles. The summed E-state index contributed by atoms with van der Waals surface area (Å²) in [6, 6.07) is 6.50. The van der Waals surface area contributed by atoms with Crippen LogP contribution in [-0.4, -0.2) is 81.4 Å². The lowest BCUT2D eigenvalue weighted by Gasteiger charge is -2.36. The first-order valence-electron chi connectivity index (χ1n) is 8.53. The van der Waals surface area contributed by atoms with Gasteiger partial charge in [-0.25, -0.2) is 12.8 Å². The van der Waals surface area contributed by atoms with Crippen LogP contribution in [0, 0.1) is 5.82 Å². The third-order valence-corrected chi connectivity index (χ3v) is 6.82. The summed E-state index contributed by atoms with van der Waals surface area (Å²) >= 11 is 0. The average Bonchev–Trinajstić information content (AvgIpc) is 2.95. The number of sulfone groups is 1. The standard InChI is InChI=1S/C17H24FN3O3S/c1-19(14-6-11-25(23,24)13-14)17(22)12-20-7-9-21(10-8-20)16-5-3-2-4-15(16)18/h2-5,14H,6-13H2,1H3/t14-/m0/s1. The van der Waals surface area contributed by atoms with Crippen molar-refractivity contribution in [2.75, 3.05) is 56.2 Å². The van der Waals surface area contributed by atoms with Crippen molar-refractivity contribution in [1.29, 1.82) is 0 Å². The molecule has 1 aromatic carbocycles. The maximum absolute atomic E-state index is 13.9. The molecule has 2 heterocycles. The van der Waals surface area contributed by atoms with E-state index in [-0.39, 0.29) is 35.8 Å². The second-order valence-corrected chi connectivity index (χ2v) is 9.00. The third-order valence-electron chi connectivity index (χ3n) is 5.07. The molecule has 0 aliphatic carbocycles. The molecule has 1 aromatic rings. The van der Waals surface area contributed by atoms with Gasteiger partial charge >= 0.3 is 0 Å². The van der Waals surface area contributed by atoms with E-state index >= 15 is 0 Å². The lowest BCUT2D eigenvalue weighted by Crippen LogP contribution is -2.51. The number of para-hydroxylation sites is 1. The number of benzene rings is 1. The topological polar surface area (TPSA) is 60.9 Å². The summed E-state index contributed by atoms with van der Waals surface area (Å²) < 4.78 is 37.0. The van der Waals surface area contributed by atoms with E-state index in [1.807, 2.05) is 15.9 Å². The molecular formula is C17H24FN3O3S. The molecule has 1 atom stereocenters. The van der Waals surface area contributed by atoms with Gasteiger partial charge in [-0.1, -0.05) is 12.1 Å². The molecule has 8 heteroatoms. The normalized spacial score (nSPS) is 23.6. The fourth-order valence-corrected chi connectivity index (χ4v) is 5.22. The Morgan fingerprint density at radius 3 is 2.52 bits per heavy atom. The van der Waals surface area contributed by atoms with Crippen molar-refractivity contribution >= 4 is 21.4 Å². The number of carbonyl (C=O) groups excluding carboxylic acids is 1. The Morgan fingerprint density at radius 2 is 1.92 bits per heavy atom. The van der Waals surface area contributed by atoms with Gasteiger partial charge in [-0.05, 0) is 18.6 Å². The predicted octanol–water partition coefficient (Wildman–Crippen LogP) is 0.593. The zero-order valence-corrected chi connectivity index (χ0v) is 15.2. The van der Waals surface area contributed by atoms with Gasteiger partial charge in [-0.2, -0.15) is 0 Å². The Morgan fingerprint density at radius 1 is 1.24 bits per heavy atom. The van der Waals surface area contributed by atoms with E-state index in [1.165, 1.54) is 6.07 Å². The summed E-state index contributed by atoms with van der Waals surface area (Å²) in [6.07, 6.45) is 0.519. The molecule has 0 N–H and O–H groups in total. The Kier molecular flexibility index (Phi) is 5.29. The largest absolute Gasteiger partial charge is 0.367 e. The Hall–Kier alpha value is -1.67. The minimum atomic E-state index is -3.00. The smallest absolute Gasteiger partial charge is 0.236 e. The second kappa shape index (κ2) is 7.29. The molecule has 6 nitrogen and oxygen atoms in total. The molecule has 2 aliphatic heterocycles. The number of nitrogens with zero attached hydrogens (tertiary/aromatic N) is 3. The molecule has 2 saturated heterocycles. The summed E-state index contributed by atoms with van der Waals surface area (Å²) in [5.41, 5.74) is 0.599. The van der Waals surface area contributed by atoms with Gasteiger partial charge in [0.05, 0.1) is 23.7 Å². The lowest BCUT2D eigenvalue weighted by molar-refractivity contribution is -0.132. The van der Waals surface area contributed by atoms with Crippen LogP contribution in [-0.2, 0) is 14.6 Å². The predicted molar refractivity (Wildman–Crippen MR) is 94.9 cm³/mol. The molecule has 2 fully saturated rings. The minimum Gasteiger partial charge on any atom is -0.367 e. The van der Waals surface area contributed by atoms with Crippen LogP contribution in [0.4, 0.5) is 10.1 Å². The van der Waals surface area contributed by atoms with Crippen LogP contribution in [0.1, 0.15) is 6.42 Å². The molecule has 1 amide bonds. The van der Waals surface area contributed by atoms with E-state index in [2.05, 4.69) is 0 Å². The van der Waals surface area contributed by atoms with Crippen molar-refractivity contribution < 1.29 is 17.6 Å². The highest BCUT2D eigenvalue weighted by atomic mass is 32.2. The van der Waals surface area contributed by atoms with Crippen LogP contribution in [0.3, 0.4) is 0 Å². The summed E-state index contributed by atoms with van der Waals surface area (Å²) in [6.45, 7) is 2.96. The zero-order chi connectivity index (χ0) is 18.0. The van der Waals surface area contributed by atoms with Crippen LogP contribution in [0.5, 0.6) is 0 Å². The molecule has 2 aliphatic rings. The fraction of sp³-hybridized carbons (Fsp3) is 0.588. The molecule has 0 bridgehead atoms. The molecule has 0 radical (unpaired) electrons. The van der Waals surface area contributed by atoms with Crippen LogP contribution in [0.15, 0.2) is 24.3 Å². The van der Waals surface area contributed by atoms with Crippen LogP contribution >= 0.6 is 0 Å².